The van der Waals surface area contributed by atoms with E-state index in [1.165, 1.54) is 11.3 Å². The van der Waals surface area contributed by atoms with E-state index in [9.17, 15) is 4.79 Å². The summed E-state index contributed by atoms with van der Waals surface area (Å²) in [7, 11) is 1.86. The summed E-state index contributed by atoms with van der Waals surface area (Å²) in [4.78, 5) is 24.5. The predicted molar refractivity (Wildman–Crippen MR) is 114 cm³/mol. The first-order chi connectivity index (χ1) is 14.1. The van der Waals surface area contributed by atoms with Crippen molar-refractivity contribution in [3.8, 4) is 0 Å². The monoisotopic (exact) mass is 407 g/mol. The van der Waals surface area contributed by atoms with Crippen molar-refractivity contribution >= 4 is 43.6 Å². The van der Waals surface area contributed by atoms with Gasteiger partial charge < -0.3 is 4.74 Å². The van der Waals surface area contributed by atoms with E-state index in [0.29, 0.717) is 17.2 Å². The van der Waals surface area contributed by atoms with Crippen LogP contribution in [0.25, 0.3) is 21.3 Å². The van der Waals surface area contributed by atoms with Gasteiger partial charge in [-0.25, -0.2) is 9.97 Å². The second-order valence-corrected chi connectivity index (χ2v) is 8.33. The summed E-state index contributed by atoms with van der Waals surface area (Å²) in [5.74, 6) is -0.114. The molecule has 7 nitrogen and oxygen atoms in total. The van der Waals surface area contributed by atoms with Gasteiger partial charge in [0.15, 0.2) is 10.8 Å². The summed E-state index contributed by atoms with van der Waals surface area (Å²) in [6.07, 6.45) is 3.63. The Hall–Kier alpha value is -2.84. The molecule has 1 aliphatic heterocycles. The number of hydrogen-bond donors (Lipinski definition) is 0. The number of carbonyl (C=O) groups excluding carboxylic acids is 1. The van der Waals surface area contributed by atoms with Crippen LogP contribution in [0.4, 0.5) is 5.13 Å². The number of benzene rings is 1. The van der Waals surface area contributed by atoms with Gasteiger partial charge in [0.25, 0.3) is 5.91 Å². The zero-order valence-electron chi connectivity index (χ0n) is 16.3. The number of carbonyl (C=O) groups is 1. The smallest absolute Gasteiger partial charge is 0.261 e. The van der Waals surface area contributed by atoms with Crippen molar-refractivity contribution in [1.82, 2.24) is 19.7 Å². The number of hydrogen-bond acceptors (Lipinski definition) is 6. The van der Waals surface area contributed by atoms with Crippen LogP contribution in [-0.4, -0.2) is 44.9 Å². The minimum Gasteiger partial charge on any atom is -0.376 e. The number of aryl methyl sites for hydroxylation is 2. The van der Waals surface area contributed by atoms with Gasteiger partial charge in [-0.3, -0.25) is 14.4 Å². The van der Waals surface area contributed by atoms with Crippen LogP contribution in [0.5, 0.6) is 0 Å². The molecule has 8 heteroatoms. The number of pyridine rings is 1. The predicted octanol–water partition coefficient (Wildman–Crippen LogP) is 3.71. The lowest BCUT2D eigenvalue weighted by molar-refractivity contribution is 0.0917. The van der Waals surface area contributed by atoms with Crippen molar-refractivity contribution < 1.29 is 9.53 Å². The molecular formula is C21H21N5O2S. The second kappa shape index (κ2) is 7.20. The summed E-state index contributed by atoms with van der Waals surface area (Å²) < 4.78 is 8.60. The molecule has 0 N–H and O–H groups in total. The molecule has 1 atom stereocenters. The van der Waals surface area contributed by atoms with Gasteiger partial charge in [0.2, 0.25) is 0 Å². The number of amides is 1. The molecule has 1 aromatic carbocycles. The first-order valence-electron chi connectivity index (χ1n) is 9.68. The third kappa shape index (κ3) is 3.28. The highest BCUT2D eigenvalue weighted by Crippen LogP contribution is 2.31. The van der Waals surface area contributed by atoms with E-state index in [4.69, 9.17) is 9.72 Å². The van der Waals surface area contributed by atoms with Crippen molar-refractivity contribution in [3.63, 3.8) is 0 Å². The summed E-state index contributed by atoms with van der Waals surface area (Å²) in [5, 5.41) is 5.98. The quantitative estimate of drug-likeness (QED) is 0.516. The Morgan fingerprint density at radius 1 is 1.38 bits per heavy atom. The number of ether oxygens (including phenoxy) is 1. The SMILES string of the molecule is Cc1nn(C)c2ncc(C(=O)N(C[C@@H]3CCCO3)c3nc4ccccc4s3)cc12. The first-order valence-corrected chi connectivity index (χ1v) is 10.5. The van der Waals surface area contributed by atoms with E-state index in [1.54, 1.807) is 15.8 Å². The Labute approximate surface area is 171 Å². The number of para-hydroxylation sites is 1. The molecule has 29 heavy (non-hydrogen) atoms. The molecule has 1 aliphatic rings. The molecule has 0 spiro atoms. The lowest BCUT2D eigenvalue weighted by atomic mass is 10.1. The van der Waals surface area contributed by atoms with E-state index in [2.05, 4.69) is 10.1 Å². The van der Waals surface area contributed by atoms with Crippen LogP contribution in [0.2, 0.25) is 0 Å². The van der Waals surface area contributed by atoms with E-state index in [1.807, 2.05) is 44.3 Å². The third-order valence-corrected chi connectivity index (χ3v) is 6.34. The van der Waals surface area contributed by atoms with Crippen molar-refractivity contribution in [2.75, 3.05) is 18.1 Å². The minimum absolute atomic E-state index is 0.0304. The van der Waals surface area contributed by atoms with Gasteiger partial charge in [-0.2, -0.15) is 5.10 Å². The van der Waals surface area contributed by atoms with E-state index in [0.717, 1.165) is 46.4 Å². The molecule has 0 bridgehead atoms. The molecule has 4 heterocycles. The zero-order chi connectivity index (χ0) is 20.0. The van der Waals surface area contributed by atoms with Gasteiger partial charge in [-0.15, -0.1) is 0 Å². The van der Waals surface area contributed by atoms with Crippen LogP contribution in [0.3, 0.4) is 0 Å². The van der Waals surface area contributed by atoms with Crippen LogP contribution in [-0.2, 0) is 11.8 Å². The summed E-state index contributed by atoms with van der Waals surface area (Å²) in [6.45, 7) is 3.16. The highest BCUT2D eigenvalue weighted by atomic mass is 32.1. The summed E-state index contributed by atoms with van der Waals surface area (Å²) in [6, 6.07) is 9.82. The Morgan fingerprint density at radius 3 is 3.03 bits per heavy atom. The molecule has 1 saturated heterocycles. The van der Waals surface area contributed by atoms with Gasteiger partial charge in [0.05, 0.1) is 34.1 Å². The third-order valence-electron chi connectivity index (χ3n) is 5.28. The molecule has 0 radical (unpaired) electrons. The fourth-order valence-electron chi connectivity index (χ4n) is 3.80. The fraction of sp³-hybridized carbons (Fsp3) is 0.333. The maximum Gasteiger partial charge on any atom is 0.261 e. The Bertz CT molecular complexity index is 1180. The maximum absolute atomic E-state index is 13.5. The van der Waals surface area contributed by atoms with Crippen LogP contribution in [0.1, 0.15) is 28.9 Å². The van der Waals surface area contributed by atoms with Crippen molar-refractivity contribution in [1.29, 1.82) is 0 Å². The molecular weight excluding hydrogens is 386 g/mol. The normalized spacial score (nSPS) is 16.7. The Balaban J connectivity index is 1.55. The van der Waals surface area contributed by atoms with Crippen molar-refractivity contribution in [2.24, 2.45) is 7.05 Å². The fourth-order valence-corrected chi connectivity index (χ4v) is 4.77. The average molecular weight is 407 g/mol. The van der Waals surface area contributed by atoms with E-state index in [-0.39, 0.29) is 12.0 Å². The Kier molecular flexibility index (Phi) is 4.52. The molecule has 3 aromatic heterocycles. The molecule has 0 aliphatic carbocycles. The average Bonchev–Trinajstić information content (AvgIpc) is 3.45. The molecule has 1 fully saturated rings. The van der Waals surface area contributed by atoms with Gasteiger partial charge in [-0.1, -0.05) is 23.5 Å². The lowest BCUT2D eigenvalue weighted by Crippen LogP contribution is -2.37. The minimum atomic E-state index is -0.114. The van der Waals surface area contributed by atoms with E-state index >= 15 is 0 Å². The van der Waals surface area contributed by atoms with Crippen LogP contribution in [0.15, 0.2) is 36.5 Å². The van der Waals surface area contributed by atoms with Crippen LogP contribution >= 0.6 is 11.3 Å². The first kappa shape index (κ1) is 18.2. The van der Waals surface area contributed by atoms with Crippen molar-refractivity contribution in [3.05, 3.63) is 47.8 Å². The largest absolute Gasteiger partial charge is 0.376 e. The number of nitrogens with zero attached hydrogens (tertiary/aromatic N) is 5. The summed E-state index contributed by atoms with van der Waals surface area (Å²) >= 11 is 1.52. The topological polar surface area (TPSA) is 73.1 Å². The van der Waals surface area contributed by atoms with Gasteiger partial charge in [-0.05, 0) is 38.0 Å². The Morgan fingerprint density at radius 2 is 2.24 bits per heavy atom. The molecule has 0 saturated carbocycles. The molecule has 0 unspecified atom stereocenters. The number of anilines is 1. The zero-order valence-corrected chi connectivity index (χ0v) is 17.1. The highest BCUT2D eigenvalue weighted by Gasteiger charge is 2.27. The van der Waals surface area contributed by atoms with Crippen LogP contribution in [0, 0.1) is 6.92 Å². The number of rotatable bonds is 4. The number of fused-ring (bicyclic) bond motifs is 2. The molecule has 5 rings (SSSR count). The van der Waals surface area contributed by atoms with Gasteiger partial charge in [0.1, 0.15) is 0 Å². The van der Waals surface area contributed by atoms with Gasteiger partial charge >= 0.3 is 0 Å². The number of aromatic nitrogens is 4. The summed E-state index contributed by atoms with van der Waals surface area (Å²) in [5.41, 5.74) is 3.06. The van der Waals surface area contributed by atoms with Crippen LogP contribution < -0.4 is 4.90 Å². The highest BCUT2D eigenvalue weighted by molar-refractivity contribution is 7.22. The molecule has 148 valence electrons. The second-order valence-electron chi connectivity index (χ2n) is 7.32. The maximum atomic E-state index is 13.5. The molecule has 4 aromatic rings. The van der Waals surface area contributed by atoms with E-state index < -0.39 is 0 Å². The van der Waals surface area contributed by atoms with Gasteiger partial charge in [0, 0.05) is 25.2 Å². The lowest BCUT2D eigenvalue weighted by Gasteiger charge is -2.23. The molecule has 1 amide bonds. The standard InChI is InChI=1S/C21H21N5O2S/c1-13-16-10-14(11-22-19(16)25(2)24-13)20(27)26(12-15-6-5-9-28-15)21-23-17-7-3-4-8-18(17)29-21/h3-4,7-8,10-11,15H,5-6,9,12H2,1-2H3/t15-/m0/s1. The number of thiazole rings is 1. The van der Waals surface area contributed by atoms with Crippen molar-refractivity contribution in [2.45, 2.75) is 25.9 Å².